The SMILES string of the molecule is Cc1ccccc1NC(=O)COc1cccc(C=Nn2c(C(C)(C)C)nc3ccc(Br)cc3c2=O)c1. The average molecular weight is 547 g/mol. The molecule has 1 amide bonds. The maximum absolute atomic E-state index is 13.3. The van der Waals surface area contributed by atoms with Crippen molar-refractivity contribution in [2.45, 2.75) is 33.1 Å². The van der Waals surface area contributed by atoms with Gasteiger partial charge in [0.05, 0.1) is 17.1 Å². The lowest BCUT2D eigenvalue weighted by Crippen LogP contribution is -2.29. The summed E-state index contributed by atoms with van der Waals surface area (Å²) < 4.78 is 7.83. The van der Waals surface area contributed by atoms with Gasteiger partial charge >= 0.3 is 0 Å². The van der Waals surface area contributed by atoms with Gasteiger partial charge in [-0.05, 0) is 54.4 Å². The molecule has 0 bridgehead atoms. The Bertz CT molecular complexity index is 1520. The third-order valence-electron chi connectivity index (χ3n) is 5.45. The number of nitrogens with one attached hydrogen (secondary N) is 1. The molecule has 3 aromatic carbocycles. The second-order valence-electron chi connectivity index (χ2n) is 9.43. The number of halogens is 1. The third kappa shape index (κ3) is 5.88. The van der Waals surface area contributed by atoms with Crippen LogP contribution in [0, 0.1) is 6.92 Å². The first-order chi connectivity index (χ1) is 17.1. The molecule has 36 heavy (non-hydrogen) atoms. The number of para-hydroxylation sites is 1. The number of nitrogens with zero attached hydrogens (tertiary/aromatic N) is 3. The predicted molar refractivity (Wildman–Crippen MR) is 147 cm³/mol. The average Bonchev–Trinajstić information content (AvgIpc) is 2.83. The molecule has 0 spiro atoms. The van der Waals surface area contributed by atoms with E-state index in [1.54, 1.807) is 30.5 Å². The minimum atomic E-state index is -0.410. The molecule has 0 aliphatic carbocycles. The lowest BCUT2D eigenvalue weighted by molar-refractivity contribution is -0.118. The van der Waals surface area contributed by atoms with Crippen molar-refractivity contribution in [1.82, 2.24) is 9.66 Å². The van der Waals surface area contributed by atoms with Crippen LogP contribution in [0.1, 0.15) is 37.7 Å². The van der Waals surface area contributed by atoms with Crippen LogP contribution in [0.5, 0.6) is 5.75 Å². The van der Waals surface area contributed by atoms with E-state index in [0.29, 0.717) is 28.0 Å². The number of carbonyl (C=O) groups is 1. The highest BCUT2D eigenvalue weighted by atomic mass is 79.9. The van der Waals surface area contributed by atoms with Gasteiger partial charge in [0.1, 0.15) is 11.6 Å². The van der Waals surface area contributed by atoms with Gasteiger partial charge in [-0.1, -0.05) is 67.0 Å². The van der Waals surface area contributed by atoms with Crippen LogP contribution in [-0.2, 0) is 10.2 Å². The van der Waals surface area contributed by atoms with Crippen molar-refractivity contribution >= 4 is 44.6 Å². The van der Waals surface area contributed by atoms with Crippen molar-refractivity contribution in [3.63, 3.8) is 0 Å². The number of hydrogen-bond donors (Lipinski definition) is 1. The van der Waals surface area contributed by atoms with E-state index in [1.807, 2.05) is 70.2 Å². The Kier molecular flexibility index (Phi) is 7.35. The Hall–Kier alpha value is -3.78. The summed E-state index contributed by atoms with van der Waals surface area (Å²) in [5.41, 5.74) is 2.41. The topological polar surface area (TPSA) is 85.6 Å². The molecule has 0 aliphatic heterocycles. The van der Waals surface area contributed by atoms with Crippen LogP contribution in [-0.4, -0.2) is 28.4 Å². The fraction of sp³-hybridized carbons (Fsp3) is 0.214. The van der Waals surface area contributed by atoms with Gasteiger partial charge in [-0.25, -0.2) is 4.98 Å². The van der Waals surface area contributed by atoms with Crippen LogP contribution >= 0.6 is 15.9 Å². The van der Waals surface area contributed by atoms with Crippen molar-refractivity contribution in [2.24, 2.45) is 5.10 Å². The van der Waals surface area contributed by atoms with Crippen molar-refractivity contribution < 1.29 is 9.53 Å². The first-order valence-corrected chi connectivity index (χ1v) is 12.3. The van der Waals surface area contributed by atoms with Crippen molar-refractivity contribution in [3.05, 3.63) is 98.5 Å². The van der Waals surface area contributed by atoms with Crippen LogP contribution in [0.2, 0.25) is 0 Å². The van der Waals surface area contributed by atoms with Crippen molar-refractivity contribution in [3.8, 4) is 5.75 Å². The standard InChI is InChI=1S/C28H27BrN4O3/c1-18-8-5-6-11-23(18)31-25(34)17-36-21-10-7-9-19(14-21)16-30-33-26(35)22-15-20(29)12-13-24(22)32-27(33)28(2,3)4/h5-16H,17H2,1-4H3,(H,31,34). The van der Waals surface area contributed by atoms with E-state index in [1.165, 1.54) is 4.68 Å². The molecule has 0 unspecified atom stereocenters. The number of aryl methyl sites for hydroxylation is 1. The van der Waals surface area contributed by atoms with Gasteiger partial charge in [-0.3, -0.25) is 9.59 Å². The molecule has 0 saturated heterocycles. The van der Waals surface area contributed by atoms with Crippen LogP contribution in [0.25, 0.3) is 10.9 Å². The Morgan fingerprint density at radius 2 is 1.89 bits per heavy atom. The van der Waals surface area contributed by atoms with E-state index in [2.05, 4.69) is 26.3 Å². The number of fused-ring (bicyclic) bond motifs is 1. The van der Waals surface area contributed by atoms with E-state index < -0.39 is 5.41 Å². The number of rotatable bonds is 6. The smallest absolute Gasteiger partial charge is 0.282 e. The minimum Gasteiger partial charge on any atom is -0.484 e. The third-order valence-corrected chi connectivity index (χ3v) is 5.94. The fourth-order valence-corrected chi connectivity index (χ4v) is 3.96. The van der Waals surface area contributed by atoms with Gasteiger partial charge in [0.15, 0.2) is 6.61 Å². The quantitative estimate of drug-likeness (QED) is 0.316. The van der Waals surface area contributed by atoms with Crippen LogP contribution in [0.15, 0.2) is 81.1 Å². The Balaban J connectivity index is 1.56. The number of benzene rings is 3. The molecule has 1 N–H and O–H groups in total. The van der Waals surface area contributed by atoms with E-state index in [-0.39, 0.29) is 18.1 Å². The summed E-state index contributed by atoms with van der Waals surface area (Å²) in [5, 5.41) is 7.82. The first-order valence-electron chi connectivity index (χ1n) is 11.5. The van der Waals surface area contributed by atoms with E-state index in [0.717, 1.165) is 15.7 Å². The van der Waals surface area contributed by atoms with Gasteiger partial charge < -0.3 is 10.1 Å². The number of amides is 1. The fourth-order valence-electron chi connectivity index (χ4n) is 3.60. The van der Waals surface area contributed by atoms with Gasteiger partial charge in [0.25, 0.3) is 11.5 Å². The van der Waals surface area contributed by atoms with Gasteiger partial charge in [0, 0.05) is 15.6 Å². The summed E-state index contributed by atoms with van der Waals surface area (Å²) in [4.78, 5) is 30.4. The van der Waals surface area contributed by atoms with Gasteiger partial charge in [-0.15, -0.1) is 0 Å². The maximum atomic E-state index is 13.3. The second kappa shape index (κ2) is 10.5. The lowest BCUT2D eigenvalue weighted by atomic mass is 9.95. The lowest BCUT2D eigenvalue weighted by Gasteiger charge is -2.20. The zero-order valence-corrected chi connectivity index (χ0v) is 22.2. The first kappa shape index (κ1) is 25.3. The van der Waals surface area contributed by atoms with Crippen LogP contribution in [0.4, 0.5) is 5.69 Å². The van der Waals surface area contributed by atoms with Crippen molar-refractivity contribution in [2.75, 3.05) is 11.9 Å². The highest BCUT2D eigenvalue weighted by Gasteiger charge is 2.22. The summed E-state index contributed by atoms with van der Waals surface area (Å²) in [6, 6.07) is 20.2. The molecule has 0 atom stereocenters. The molecule has 4 aromatic rings. The minimum absolute atomic E-state index is 0.133. The molecule has 0 saturated carbocycles. The molecule has 0 aliphatic rings. The van der Waals surface area contributed by atoms with Gasteiger partial charge in [0.2, 0.25) is 0 Å². The summed E-state index contributed by atoms with van der Waals surface area (Å²) in [6.45, 7) is 7.76. The maximum Gasteiger partial charge on any atom is 0.282 e. The highest BCUT2D eigenvalue weighted by Crippen LogP contribution is 2.23. The zero-order chi connectivity index (χ0) is 25.9. The Morgan fingerprint density at radius 1 is 1.11 bits per heavy atom. The van der Waals surface area contributed by atoms with Crippen LogP contribution in [0.3, 0.4) is 0 Å². The zero-order valence-electron chi connectivity index (χ0n) is 20.6. The molecule has 7 nitrogen and oxygen atoms in total. The highest BCUT2D eigenvalue weighted by molar-refractivity contribution is 9.10. The van der Waals surface area contributed by atoms with Crippen molar-refractivity contribution in [1.29, 1.82) is 0 Å². The number of hydrogen-bond acceptors (Lipinski definition) is 5. The second-order valence-corrected chi connectivity index (χ2v) is 10.3. The van der Waals surface area contributed by atoms with Crippen LogP contribution < -0.4 is 15.6 Å². The normalized spacial score (nSPS) is 11.7. The summed E-state index contributed by atoms with van der Waals surface area (Å²) in [5.74, 6) is 0.819. The van der Waals surface area contributed by atoms with E-state index >= 15 is 0 Å². The monoisotopic (exact) mass is 546 g/mol. The molecule has 1 aromatic heterocycles. The molecular weight excluding hydrogens is 520 g/mol. The molecular formula is C28H27BrN4O3. The molecule has 0 fully saturated rings. The predicted octanol–water partition coefficient (Wildman–Crippen LogP) is 5.66. The summed E-state index contributed by atoms with van der Waals surface area (Å²) >= 11 is 3.42. The Labute approximate surface area is 218 Å². The number of carbonyl (C=O) groups excluding carboxylic acids is 1. The summed E-state index contributed by atoms with van der Waals surface area (Å²) in [7, 11) is 0. The van der Waals surface area contributed by atoms with Gasteiger partial charge in [-0.2, -0.15) is 9.78 Å². The summed E-state index contributed by atoms with van der Waals surface area (Å²) in [6.07, 6.45) is 1.59. The molecule has 1 heterocycles. The number of ether oxygens (including phenoxy) is 1. The Morgan fingerprint density at radius 3 is 2.64 bits per heavy atom. The molecule has 0 radical (unpaired) electrons. The molecule has 184 valence electrons. The van der Waals surface area contributed by atoms with E-state index in [4.69, 9.17) is 9.72 Å². The number of aromatic nitrogens is 2. The molecule has 4 rings (SSSR count). The molecule has 8 heteroatoms. The largest absolute Gasteiger partial charge is 0.484 e. The van der Waals surface area contributed by atoms with E-state index in [9.17, 15) is 9.59 Å². The number of anilines is 1.